The van der Waals surface area contributed by atoms with E-state index >= 15 is 0 Å². The Bertz CT molecular complexity index is 838. The highest BCUT2D eigenvalue weighted by Crippen LogP contribution is 2.39. The maximum Gasteiger partial charge on any atom is 0.393 e. The zero-order valence-electron chi connectivity index (χ0n) is 13.9. The van der Waals surface area contributed by atoms with E-state index < -0.39 is 53.0 Å². The minimum Gasteiger partial charge on any atom is -0.481 e. The van der Waals surface area contributed by atoms with Gasteiger partial charge in [-0.25, -0.2) is 8.42 Å². The number of amides is 1. The fraction of sp³-hybridized carbons (Fsp3) is 0.467. The molecule has 2 atom stereocenters. The normalized spacial score (nSPS) is 21.6. The number of carbonyl (C=O) groups excluding carboxylic acids is 1. The topological polar surface area (TPSA) is 104 Å². The molecule has 0 radical (unpaired) electrons. The van der Waals surface area contributed by atoms with Crippen LogP contribution in [0.3, 0.4) is 0 Å². The van der Waals surface area contributed by atoms with Crippen molar-refractivity contribution in [2.24, 2.45) is 11.8 Å². The predicted molar refractivity (Wildman–Crippen MR) is 84.9 cm³/mol. The van der Waals surface area contributed by atoms with E-state index in [0.29, 0.717) is 9.87 Å². The van der Waals surface area contributed by atoms with Crippen molar-refractivity contribution in [3.63, 3.8) is 0 Å². The summed E-state index contributed by atoms with van der Waals surface area (Å²) in [7, 11) is -4.35. The number of carboxylic acid groups (broad SMARTS) is 1. The summed E-state index contributed by atoms with van der Waals surface area (Å²) in [6, 6.07) is 3.75. The number of rotatable bonds is 4. The third-order valence-corrected chi connectivity index (χ3v) is 6.01. The summed E-state index contributed by atoms with van der Waals surface area (Å²) >= 11 is 0. The molecule has 1 saturated heterocycles. The molecule has 1 aromatic rings. The summed E-state index contributed by atoms with van der Waals surface area (Å²) in [4.78, 5) is 22.0. The molecule has 1 aliphatic heterocycles. The average Bonchev–Trinajstić information content (AvgIpc) is 2.95. The number of carbonyl (C=O) groups is 2. The number of nitrogens with one attached hydrogen (secondary N) is 1. The minimum atomic E-state index is -4.83. The van der Waals surface area contributed by atoms with Crippen molar-refractivity contribution in [2.45, 2.75) is 24.9 Å². The second kappa shape index (κ2) is 6.88. The Hall–Kier alpha value is -2.14. The van der Waals surface area contributed by atoms with E-state index in [1.807, 2.05) is 0 Å². The van der Waals surface area contributed by atoms with Gasteiger partial charge in [-0.15, -0.1) is 0 Å². The molecule has 0 aliphatic carbocycles. The largest absolute Gasteiger partial charge is 0.481 e. The zero-order valence-corrected chi connectivity index (χ0v) is 14.7. The number of nitrogens with zero attached hydrogens (tertiary/aromatic N) is 1. The van der Waals surface area contributed by atoms with Gasteiger partial charge in [-0.3, -0.25) is 9.59 Å². The van der Waals surface area contributed by atoms with Crippen LogP contribution in [0.15, 0.2) is 23.1 Å². The highest BCUT2D eigenvalue weighted by molar-refractivity contribution is 7.89. The summed E-state index contributed by atoms with van der Waals surface area (Å²) in [6.45, 7) is 1.11. The number of halogens is 3. The summed E-state index contributed by atoms with van der Waals surface area (Å²) < 4.78 is 65.1. The minimum absolute atomic E-state index is 0.208. The maximum atomic E-state index is 13.1. The van der Waals surface area contributed by atoms with E-state index in [9.17, 15) is 31.2 Å². The summed E-state index contributed by atoms with van der Waals surface area (Å²) in [5.41, 5.74) is 0.775. The van der Waals surface area contributed by atoms with Crippen LogP contribution < -0.4 is 5.32 Å². The molecule has 1 amide bonds. The van der Waals surface area contributed by atoms with Crippen molar-refractivity contribution >= 4 is 27.6 Å². The molecule has 2 N–H and O–H groups in total. The monoisotopic (exact) mass is 394 g/mol. The lowest BCUT2D eigenvalue weighted by Gasteiger charge is -2.19. The molecular formula is C15H17F3N2O5S. The van der Waals surface area contributed by atoms with Crippen molar-refractivity contribution < 1.29 is 36.3 Å². The Morgan fingerprint density at radius 3 is 2.35 bits per heavy atom. The first-order valence-electron chi connectivity index (χ1n) is 7.52. The SMILES string of the molecule is CC(=O)Nc1cc(S(=O)(=O)N2C[C@@H](C(F)(F)F)[C@H](C(=O)O)C2)ccc1C. The molecule has 1 aliphatic rings. The van der Waals surface area contributed by atoms with Gasteiger partial charge in [-0.1, -0.05) is 6.07 Å². The van der Waals surface area contributed by atoms with Gasteiger partial charge < -0.3 is 10.4 Å². The number of hydrogen-bond acceptors (Lipinski definition) is 4. The Labute approximate surface area is 147 Å². The molecule has 144 valence electrons. The molecule has 0 aromatic heterocycles. The van der Waals surface area contributed by atoms with E-state index in [-0.39, 0.29) is 10.6 Å². The van der Waals surface area contributed by atoms with Crippen LogP contribution in [0.2, 0.25) is 0 Å². The number of carboxylic acids is 1. The lowest BCUT2D eigenvalue weighted by Crippen LogP contribution is -2.34. The lowest BCUT2D eigenvalue weighted by molar-refractivity contribution is -0.187. The third kappa shape index (κ3) is 3.98. The smallest absolute Gasteiger partial charge is 0.393 e. The number of sulfonamides is 1. The lowest BCUT2D eigenvalue weighted by atomic mass is 9.96. The van der Waals surface area contributed by atoms with Crippen LogP contribution in [0.1, 0.15) is 12.5 Å². The standard InChI is InChI=1S/C15H17F3N2O5S/c1-8-3-4-10(5-13(8)19-9(2)21)26(24,25)20-6-11(14(22)23)12(7-20)15(16,17)18/h3-5,11-12H,6-7H2,1-2H3,(H,19,21)(H,22,23)/t11-,12-/m1/s1. The number of anilines is 1. The third-order valence-electron chi connectivity index (χ3n) is 4.18. The van der Waals surface area contributed by atoms with E-state index in [1.54, 1.807) is 6.92 Å². The zero-order chi connectivity index (χ0) is 19.9. The highest BCUT2D eigenvalue weighted by atomic mass is 32.2. The van der Waals surface area contributed by atoms with Crippen molar-refractivity contribution in [1.29, 1.82) is 0 Å². The van der Waals surface area contributed by atoms with Crippen molar-refractivity contribution in [1.82, 2.24) is 4.31 Å². The Morgan fingerprint density at radius 2 is 1.88 bits per heavy atom. The second-order valence-corrected chi connectivity index (χ2v) is 8.01. The van der Waals surface area contributed by atoms with Gasteiger partial charge in [0.05, 0.1) is 16.7 Å². The highest BCUT2D eigenvalue weighted by Gasteiger charge is 2.54. The van der Waals surface area contributed by atoms with Crippen LogP contribution in [0.4, 0.5) is 18.9 Å². The quantitative estimate of drug-likeness (QED) is 0.811. The molecule has 7 nitrogen and oxygen atoms in total. The van der Waals surface area contributed by atoms with E-state index in [0.717, 1.165) is 6.07 Å². The molecule has 0 spiro atoms. The molecular weight excluding hydrogens is 377 g/mol. The van der Waals surface area contributed by atoms with Crippen molar-refractivity contribution in [3.8, 4) is 0 Å². The van der Waals surface area contributed by atoms with E-state index in [2.05, 4.69) is 5.32 Å². The van der Waals surface area contributed by atoms with Gasteiger partial charge in [0.25, 0.3) is 0 Å². The molecule has 11 heteroatoms. The molecule has 0 unspecified atom stereocenters. The van der Waals surface area contributed by atoms with Crippen LogP contribution in [0, 0.1) is 18.8 Å². The summed E-state index contributed by atoms with van der Waals surface area (Å²) in [5.74, 6) is -6.29. The van der Waals surface area contributed by atoms with Gasteiger partial charge in [0.2, 0.25) is 15.9 Å². The molecule has 0 saturated carbocycles. The maximum absolute atomic E-state index is 13.1. The van der Waals surface area contributed by atoms with Crippen LogP contribution in [-0.4, -0.2) is 49.0 Å². The summed E-state index contributed by atoms with van der Waals surface area (Å²) in [5, 5.41) is 11.5. The van der Waals surface area contributed by atoms with Crippen molar-refractivity contribution in [2.75, 3.05) is 18.4 Å². The van der Waals surface area contributed by atoms with Crippen molar-refractivity contribution in [3.05, 3.63) is 23.8 Å². The summed E-state index contributed by atoms with van der Waals surface area (Å²) in [6.07, 6.45) is -4.83. The van der Waals surface area contributed by atoms with Crippen LogP contribution >= 0.6 is 0 Å². The number of hydrogen-bond donors (Lipinski definition) is 2. The van der Waals surface area contributed by atoms with E-state index in [1.165, 1.54) is 19.1 Å². The van der Waals surface area contributed by atoms with Gasteiger partial charge in [0, 0.05) is 25.7 Å². The first-order valence-corrected chi connectivity index (χ1v) is 8.96. The first-order chi connectivity index (χ1) is 11.8. The molecule has 26 heavy (non-hydrogen) atoms. The predicted octanol–water partition coefficient (Wildman–Crippen LogP) is 1.84. The number of alkyl halides is 3. The molecule has 2 rings (SSSR count). The molecule has 0 bridgehead atoms. The molecule has 1 aromatic carbocycles. The Morgan fingerprint density at radius 1 is 1.27 bits per heavy atom. The fourth-order valence-corrected chi connectivity index (χ4v) is 4.30. The van der Waals surface area contributed by atoms with Gasteiger partial charge in [0.1, 0.15) is 0 Å². The molecule has 1 heterocycles. The fourth-order valence-electron chi connectivity index (χ4n) is 2.78. The van der Waals surface area contributed by atoms with Crippen LogP contribution in [0.5, 0.6) is 0 Å². The second-order valence-electron chi connectivity index (χ2n) is 6.07. The molecule has 1 fully saturated rings. The number of benzene rings is 1. The Balaban J connectivity index is 2.39. The van der Waals surface area contributed by atoms with Gasteiger partial charge >= 0.3 is 12.1 Å². The Kier molecular flexibility index (Phi) is 5.34. The van der Waals surface area contributed by atoms with Crippen LogP contribution in [0.25, 0.3) is 0 Å². The number of aliphatic carboxylic acids is 1. The van der Waals surface area contributed by atoms with Crippen LogP contribution in [-0.2, 0) is 19.6 Å². The number of aryl methyl sites for hydroxylation is 1. The van der Waals surface area contributed by atoms with E-state index in [4.69, 9.17) is 5.11 Å². The first kappa shape index (κ1) is 20.2. The van der Waals surface area contributed by atoms with Gasteiger partial charge in [-0.05, 0) is 24.6 Å². The van der Waals surface area contributed by atoms with Gasteiger partial charge in [-0.2, -0.15) is 17.5 Å². The van der Waals surface area contributed by atoms with Gasteiger partial charge in [0.15, 0.2) is 0 Å². The average molecular weight is 394 g/mol.